The van der Waals surface area contributed by atoms with Gasteiger partial charge in [-0.25, -0.2) is 4.68 Å². The highest BCUT2D eigenvalue weighted by Crippen LogP contribution is 2.23. The lowest BCUT2D eigenvalue weighted by Gasteiger charge is -2.28. The second-order valence-corrected chi connectivity index (χ2v) is 7.24. The average Bonchev–Trinajstić information content (AvgIpc) is 2.97. The van der Waals surface area contributed by atoms with Crippen LogP contribution in [0.3, 0.4) is 0 Å². The Morgan fingerprint density at radius 1 is 1.04 bits per heavy atom. The van der Waals surface area contributed by atoms with Crippen LogP contribution in [0.2, 0.25) is 0 Å². The molecule has 134 valence electrons. The summed E-state index contributed by atoms with van der Waals surface area (Å²) in [6.45, 7) is 7.80. The maximum Gasteiger partial charge on any atom is 0.199 e. The van der Waals surface area contributed by atoms with Crippen LogP contribution in [0.4, 0.5) is 0 Å². The van der Waals surface area contributed by atoms with Crippen LogP contribution in [0.15, 0.2) is 48.5 Å². The largest absolute Gasteiger partial charge is 0.300 e. The SMILES string of the molecule is CCn1c(-c2ccccc2C)nn(CN2CCc3ccccc3C2)c1=S. The lowest BCUT2D eigenvalue weighted by Crippen LogP contribution is -2.32. The molecule has 2 aromatic carbocycles. The molecule has 5 heteroatoms. The van der Waals surface area contributed by atoms with Crippen LogP contribution in [0, 0.1) is 11.7 Å². The topological polar surface area (TPSA) is 26.0 Å². The molecule has 2 heterocycles. The van der Waals surface area contributed by atoms with Crippen molar-refractivity contribution in [2.75, 3.05) is 6.54 Å². The molecule has 0 aliphatic carbocycles. The van der Waals surface area contributed by atoms with Gasteiger partial charge in [-0.05, 0) is 49.2 Å². The van der Waals surface area contributed by atoms with E-state index in [1.165, 1.54) is 16.7 Å². The molecule has 0 fully saturated rings. The molecule has 3 aromatic rings. The number of fused-ring (bicyclic) bond motifs is 1. The van der Waals surface area contributed by atoms with E-state index in [4.69, 9.17) is 17.3 Å². The number of aromatic nitrogens is 3. The average molecular weight is 365 g/mol. The smallest absolute Gasteiger partial charge is 0.199 e. The van der Waals surface area contributed by atoms with Crippen LogP contribution in [-0.2, 0) is 26.2 Å². The molecule has 1 aliphatic heterocycles. The van der Waals surface area contributed by atoms with E-state index in [0.29, 0.717) is 0 Å². The van der Waals surface area contributed by atoms with E-state index in [1.54, 1.807) is 0 Å². The highest BCUT2D eigenvalue weighted by atomic mass is 32.1. The van der Waals surface area contributed by atoms with Gasteiger partial charge in [-0.15, -0.1) is 0 Å². The summed E-state index contributed by atoms with van der Waals surface area (Å²) < 4.78 is 4.91. The lowest BCUT2D eigenvalue weighted by atomic mass is 10.0. The number of nitrogens with zero attached hydrogens (tertiary/aromatic N) is 4. The quantitative estimate of drug-likeness (QED) is 0.641. The monoisotopic (exact) mass is 364 g/mol. The van der Waals surface area contributed by atoms with Gasteiger partial charge in [-0.1, -0.05) is 48.5 Å². The summed E-state index contributed by atoms with van der Waals surface area (Å²) in [7, 11) is 0. The molecule has 0 spiro atoms. The van der Waals surface area contributed by atoms with Crippen LogP contribution < -0.4 is 0 Å². The van der Waals surface area contributed by atoms with Crippen LogP contribution in [0.25, 0.3) is 11.4 Å². The van der Waals surface area contributed by atoms with Gasteiger partial charge in [0.15, 0.2) is 10.6 Å². The summed E-state index contributed by atoms with van der Waals surface area (Å²) in [6.07, 6.45) is 1.09. The second kappa shape index (κ2) is 7.17. The molecule has 4 rings (SSSR count). The summed E-state index contributed by atoms with van der Waals surface area (Å²) in [4.78, 5) is 2.42. The van der Waals surface area contributed by atoms with Crippen molar-refractivity contribution in [1.29, 1.82) is 0 Å². The first-order chi connectivity index (χ1) is 12.7. The predicted molar refractivity (Wildman–Crippen MR) is 107 cm³/mol. The minimum atomic E-state index is 0.735. The van der Waals surface area contributed by atoms with Gasteiger partial charge in [-0.3, -0.25) is 4.90 Å². The minimum absolute atomic E-state index is 0.735. The van der Waals surface area contributed by atoms with Gasteiger partial charge in [-0.2, -0.15) is 5.10 Å². The van der Waals surface area contributed by atoms with Crippen molar-refractivity contribution in [3.8, 4) is 11.4 Å². The summed E-state index contributed by atoms with van der Waals surface area (Å²) in [5.74, 6) is 0.966. The zero-order valence-electron chi connectivity index (χ0n) is 15.4. The fourth-order valence-electron chi connectivity index (χ4n) is 3.71. The van der Waals surface area contributed by atoms with Crippen molar-refractivity contribution in [1.82, 2.24) is 19.2 Å². The highest BCUT2D eigenvalue weighted by molar-refractivity contribution is 7.71. The first-order valence-electron chi connectivity index (χ1n) is 9.20. The maximum absolute atomic E-state index is 5.74. The second-order valence-electron chi connectivity index (χ2n) is 6.88. The molecule has 0 unspecified atom stereocenters. The fraction of sp³-hybridized carbons (Fsp3) is 0.333. The number of hydrogen-bond donors (Lipinski definition) is 0. The minimum Gasteiger partial charge on any atom is -0.300 e. The summed E-state index contributed by atoms with van der Waals surface area (Å²) >= 11 is 5.74. The van der Waals surface area contributed by atoms with Gasteiger partial charge in [0, 0.05) is 25.2 Å². The van der Waals surface area contributed by atoms with Gasteiger partial charge in [0.1, 0.15) is 0 Å². The van der Waals surface area contributed by atoms with Crippen molar-refractivity contribution < 1.29 is 0 Å². The first kappa shape index (κ1) is 17.2. The van der Waals surface area contributed by atoms with Crippen molar-refractivity contribution in [2.45, 2.75) is 40.0 Å². The summed E-state index contributed by atoms with van der Waals surface area (Å²) in [6, 6.07) is 17.1. The number of rotatable bonds is 4. The Hall–Kier alpha value is -2.24. The molecule has 0 atom stereocenters. The van der Waals surface area contributed by atoms with E-state index < -0.39 is 0 Å². The molecule has 4 nitrogen and oxygen atoms in total. The number of benzene rings is 2. The molecule has 26 heavy (non-hydrogen) atoms. The third-order valence-electron chi connectivity index (χ3n) is 5.17. The third-order valence-corrected chi connectivity index (χ3v) is 5.60. The molecular weight excluding hydrogens is 340 g/mol. The molecular formula is C21H24N4S. The third kappa shape index (κ3) is 3.13. The highest BCUT2D eigenvalue weighted by Gasteiger charge is 2.19. The van der Waals surface area contributed by atoms with E-state index in [-0.39, 0.29) is 0 Å². The van der Waals surface area contributed by atoms with E-state index in [0.717, 1.165) is 48.9 Å². The Bertz CT molecular complexity index is 986. The van der Waals surface area contributed by atoms with Crippen LogP contribution in [0.1, 0.15) is 23.6 Å². The molecule has 0 radical (unpaired) electrons. The fourth-order valence-corrected chi connectivity index (χ4v) is 4.02. The predicted octanol–water partition coefficient (Wildman–Crippen LogP) is 4.43. The Morgan fingerprint density at radius 2 is 1.77 bits per heavy atom. The normalized spacial score (nSPS) is 14.4. The van der Waals surface area contributed by atoms with Gasteiger partial charge < -0.3 is 4.57 Å². The Kier molecular flexibility index (Phi) is 4.74. The molecule has 0 bridgehead atoms. The van der Waals surface area contributed by atoms with Crippen molar-refractivity contribution in [3.63, 3.8) is 0 Å². The molecule has 0 amide bonds. The molecule has 0 N–H and O–H groups in total. The van der Waals surface area contributed by atoms with Gasteiger partial charge in [0.2, 0.25) is 0 Å². The zero-order valence-corrected chi connectivity index (χ0v) is 16.2. The molecule has 0 saturated heterocycles. The zero-order chi connectivity index (χ0) is 18.1. The summed E-state index contributed by atoms with van der Waals surface area (Å²) in [5.41, 5.74) is 5.26. The van der Waals surface area contributed by atoms with Crippen molar-refractivity contribution in [3.05, 3.63) is 70.0 Å². The van der Waals surface area contributed by atoms with Crippen molar-refractivity contribution in [2.24, 2.45) is 0 Å². The first-order valence-corrected chi connectivity index (χ1v) is 9.61. The van der Waals surface area contributed by atoms with E-state index in [9.17, 15) is 0 Å². The Labute approximate surface area is 159 Å². The maximum atomic E-state index is 5.74. The molecule has 1 aliphatic rings. The van der Waals surface area contributed by atoms with E-state index in [1.807, 2.05) is 4.68 Å². The summed E-state index contributed by atoms with van der Waals surface area (Å²) in [5, 5.41) is 4.90. The van der Waals surface area contributed by atoms with Crippen LogP contribution >= 0.6 is 12.2 Å². The number of aryl methyl sites for hydroxylation is 1. The standard InChI is InChI=1S/C21H24N4S/c1-3-24-20(19-11-7-4-8-16(19)2)22-25(21(24)26)15-23-13-12-17-9-5-6-10-18(17)14-23/h4-11H,3,12-15H2,1-2H3. The van der Waals surface area contributed by atoms with Gasteiger partial charge in [0.25, 0.3) is 0 Å². The Balaban J connectivity index is 1.64. The van der Waals surface area contributed by atoms with E-state index >= 15 is 0 Å². The molecule has 0 saturated carbocycles. The van der Waals surface area contributed by atoms with Gasteiger partial charge in [0.05, 0.1) is 6.67 Å². The van der Waals surface area contributed by atoms with Crippen molar-refractivity contribution >= 4 is 12.2 Å². The van der Waals surface area contributed by atoms with Crippen LogP contribution in [0.5, 0.6) is 0 Å². The Morgan fingerprint density at radius 3 is 2.54 bits per heavy atom. The number of hydrogen-bond acceptors (Lipinski definition) is 3. The lowest BCUT2D eigenvalue weighted by molar-refractivity contribution is 0.188. The molecule has 1 aromatic heterocycles. The van der Waals surface area contributed by atoms with E-state index in [2.05, 4.69) is 71.8 Å². The van der Waals surface area contributed by atoms with Crippen LogP contribution in [-0.4, -0.2) is 25.8 Å². The van der Waals surface area contributed by atoms with Gasteiger partial charge >= 0.3 is 0 Å².